The highest BCUT2D eigenvalue weighted by molar-refractivity contribution is 6.32. The number of hydrogen-bond donors (Lipinski definition) is 1. The summed E-state index contributed by atoms with van der Waals surface area (Å²) in [4.78, 5) is 20.5. The number of likely N-dealkylation sites (N-methyl/N-ethyl adjacent to an activating group) is 1. The Bertz CT molecular complexity index is 371. The van der Waals surface area contributed by atoms with Crippen molar-refractivity contribution < 1.29 is 9.90 Å². The van der Waals surface area contributed by atoms with Gasteiger partial charge >= 0.3 is 0 Å². The van der Waals surface area contributed by atoms with Crippen molar-refractivity contribution in [3.05, 3.63) is 16.5 Å². The minimum atomic E-state index is -0.0184. The molecule has 0 spiro atoms. The summed E-state index contributed by atoms with van der Waals surface area (Å²) in [6.07, 6.45) is 0.616. The Morgan fingerprint density at radius 1 is 1.53 bits per heavy atom. The molecule has 0 bridgehead atoms. The van der Waals surface area contributed by atoms with Gasteiger partial charge in [0, 0.05) is 13.6 Å². The van der Waals surface area contributed by atoms with Crippen molar-refractivity contribution in [3.63, 3.8) is 0 Å². The Morgan fingerprint density at radius 2 is 2.20 bits per heavy atom. The predicted octanol–water partition coefficient (Wildman–Crippen LogP) is 0.679. The third-order valence-corrected chi connectivity index (χ3v) is 2.19. The molecule has 0 fully saturated rings. The van der Waals surface area contributed by atoms with Crippen molar-refractivity contribution in [2.45, 2.75) is 6.92 Å². The zero-order valence-corrected chi connectivity index (χ0v) is 9.32. The lowest BCUT2D eigenvalue weighted by molar-refractivity contribution is 0.112. The molecule has 0 radical (unpaired) electrons. The first-order valence-corrected chi connectivity index (χ1v) is 4.79. The van der Waals surface area contributed by atoms with Crippen molar-refractivity contribution in [2.75, 3.05) is 25.1 Å². The van der Waals surface area contributed by atoms with Gasteiger partial charge in [0.1, 0.15) is 16.8 Å². The average molecular weight is 230 g/mol. The Hall–Kier alpha value is -1.20. The standard InChI is InChI=1S/C9H12ClN3O2/c1-6-11-8(10)7(5-15)9(12-6)13(2)3-4-14/h5,14H,3-4H2,1-2H3. The summed E-state index contributed by atoms with van der Waals surface area (Å²) >= 11 is 5.81. The molecule has 1 aromatic heterocycles. The summed E-state index contributed by atoms with van der Waals surface area (Å²) < 4.78 is 0. The van der Waals surface area contributed by atoms with Gasteiger partial charge in [0.05, 0.1) is 12.2 Å². The number of aldehydes is 1. The molecular weight excluding hydrogens is 218 g/mol. The lowest BCUT2D eigenvalue weighted by atomic mass is 10.3. The van der Waals surface area contributed by atoms with Crippen molar-refractivity contribution in [1.82, 2.24) is 9.97 Å². The lowest BCUT2D eigenvalue weighted by Crippen LogP contribution is -2.24. The quantitative estimate of drug-likeness (QED) is 0.608. The smallest absolute Gasteiger partial charge is 0.156 e. The lowest BCUT2D eigenvalue weighted by Gasteiger charge is -2.18. The number of carbonyl (C=O) groups excluding carboxylic acids is 1. The molecule has 0 saturated heterocycles. The van der Waals surface area contributed by atoms with Gasteiger partial charge in [0.2, 0.25) is 0 Å². The molecule has 1 N–H and O–H groups in total. The van der Waals surface area contributed by atoms with Gasteiger partial charge in [-0.15, -0.1) is 0 Å². The molecule has 6 heteroatoms. The Balaban J connectivity index is 3.19. The van der Waals surface area contributed by atoms with Crippen LogP contribution in [-0.4, -0.2) is 41.6 Å². The van der Waals surface area contributed by atoms with E-state index in [1.54, 1.807) is 18.9 Å². The number of aryl methyl sites for hydroxylation is 1. The van der Waals surface area contributed by atoms with Crippen LogP contribution in [0.15, 0.2) is 0 Å². The number of rotatable bonds is 4. The van der Waals surface area contributed by atoms with E-state index in [0.717, 1.165) is 0 Å². The molecule has 1 heterocycles. The van der Waals surface area contributed by atoms with Gasteiger partial charge in [0.25, 0.3) is 0 Å². The highest BCUT2D eigenvalue weighted by Gasteiger charge is 2.14. The third-order valence-electron chi connectivity index (χ3n) is 1.91. The summed E-state index contributed by atoms with van der Waals surface area (Å²) in [6, 6.07) is 0. The maximum absolute atomic E-state index is 10.8. The molecule has 0 aliphatic rings. The topological polar surface area (TPSA) is 66.3 Å². The van der Waals surface area contributed by atoms with E-state index in [1.807, 2.05) is 0 Å². The number of carbonyl (C=O) groups is 1. The second-order valence-electron chi connectivity index (χ2n) is 3.06. The van der Waals surface area contributed by atoms with Crippen LogP contribution < -0.4 is 4.90 Å². The Morgan fingerprint density at radius 3 is 2.73 bits per heavy atom. The number of nitrogens with zero attached hydrogens (tertiary/aromatic N) is 3. The maximum atomic E-state index is 10.8. The highest BCUT2D eigenvalue weighted by atomic mass is 35.5. The molecule has 0 unspecified atom stereocenters. The fourth-order valence-corrected chi connectivity index (χ4v) is 1.43. The van der Waals surface area contributed by atoms with Crippen molar-refractivity contribution in [2.24, 2.45) is 0 Å². The van der Waals surface area contributed by atoms with Crippen LogP contribution in [0.5, 0.6) is 0 Å². The van der Waals surface area contributed by atoms with E-state index in [2.05, 4.69) is 9.97 Å². The van der Waals surface area contributed by atoms with Gasteiger partial charge in [0.15, 0.2) is 6.29 Å². The van der Waals surface area contributed by atoms with Crippen molar-refractivity contribution in [3.8, 4) is 0 Å². The van der Waals surface area contributed by atoms with Crippen LogP contribution >= 0.6 is 11.6 Å². The maximum Gasteiger partial charge on any atom is 0.156 e. The minimum Gasteiger partial charge on any atom is -0.395 e. The van der Waals surface area contributed by atoms with Crippen molar-refractivity contribution >= 4 is 23.7 Å². The Kier molecular flexibility index (Phi) is 3.99. The van der Waals surface area contributed by atoms with Crippen LogP contribution in [0.4, 0.5) is 5.82 Å². The zero-order chi connectivity index (χ0) is 11.4. The van der Waals surface area contributed by atoms with E-state index in [9.17, 15) is 4.79 Å². The molecule has 0 aliphatic heterocycles. The predicted molar refractivity (Wildman–Crippen MR) is 57.5 cm³/mol. The van der Waals surface area contributed by atoms with E-state index >= 15 is 0 Å². The highest BCUT2D eigenvalue weighted by Crippen LogP contribution is 2.21. The molecule has 0 atom stereocenters. The van der Waals surface area contributed by atoms with E-state index in [1.165, 1.54) is 0 Å². The van der Waals surface area contributed by atoms with Crippen LogP contribution in [-0.2, 0) is 0 Å². The monoisotopic (exact) mass is 229 g/mol. The molecule has 0 aliphatic carbocycles. The summed E-state index contributed by atoms with van der Waals surface area (Å²) in [5.74, 6) is 0.932. The first kappa shape index (κ1) is 11.9. The number of aliphatic hydroxyl groups excluding tert-OH is 1. The number of aromatic nitrogens is 2. The molecule has 0 saturated carbocycles. The van der Waals surface area contributed by atoms with Crippen LogP contribution in [0, 0.1) is 6.92 Å². The molecule has 1 rings (SSSR count). The zero-order valence-electron chi connectivity index (χ0n) is 8.57. The van der Waals surface area contributed by atoms with Gasteiger partial charge in [-0.3, -0.25) is 4.79 Å². The van der Waals surface area contributed by atoms with Crippen molar-refractivity contribution in [1.29, 1.82) is 0 Å². The molecule has 5 nitrogen and oxygen atoms in total. The summed E-state index contributed by atoms with van der Waals surface area (Å²) in [5.41, 5.74) is 0.248. The first-order chi connectivity index (χ1) is 7.10. The second kappa shape index (κ2) is 5.04. The summed E-state index contributed by atoms with van der Waals surface area (Å²) in [7, 11) is 1.72. The van der Waals surface area contributed by atoms with Gasteiger partial charge < -0.3 is 10.0 Å². The second-order valence-corrected chi connectivity index (χ2v) is 3.42. The third kappa shape index (κ3) is 2.64. The van der Waals surface area contributed by atoms with Gasteiger partial charge in [-0.2, -0.15) is 0 Å². The van der Waals surface area contributed by atoms with Gasteiger partial charge in [-0.05, 0) is 6.92 Å². The minimum absolute atomic E-state index is 0.0184. The average Bonchev–Trinajstić information content (AvgIpc) is 2.17. The Labute approximate surface area is 92.7 Å². The molecule has 0 amide bonds. The van der Waals surface area contributed by atoms with E-state index in [0.29, 0.717) is 24.5 Å². The molecule has 0 aromatic carbocycles. The van der Waals surface area contributed by atoms with Gasteiger partial charge in [-0.1, -0.05) is 11.6 Å². The molecule has 15 heavy (non-hydrogen) atoms. The number of anilines is 1. The fraction of sp³-hybridized carbons (Fsp3) is 0.444. The van der Waals surface area contributed by atoms with Crippen LogP contribution in [0.1, 0.15) is 16.2 Å². The number of aliphatic hydroxyl groups is 1. The number of hydrogen-bond acceptors (Lipinski definition) is 5. The van der Waals surface area contributed by atoms with Crippen LogP contribution in [0.2, 0.25) is 5.15 Å². The van der Waals surface area contributed by atoms with Crippen LogP contribution in [0.3, 0.4) is 0 Å². The summed E-state index contributed by atoms with van der Waals surface area (Å²) in [5, 5.41) is 8.93. The first-order valence-electron chi connectivity index (χ1n) is 4.41. The van der Waals surface area contributed by atoms with E-state index < -0.39 is 0 Å². The van der Waals surface area contributed by atoms with Crippen LogP contribution in [0.25, 0.3) is 0 Å². The SMILES string of the molecule is Cc1nc(Cl)c(C=O)c(N(C)CCO)n1. The molecular formula is C9H12ClN3O2. The van der Waals surface area contributed by atoms with E-state index in [-0.39, 0.29) is 17.3 Å². The fourth-order valence-electron chi connectivity index (χ4n) is 1.18. The largest absolute Gasteiger partial charge is 0.395 e. The molecule has 82 valence electrons. The van der Waals surface area contributed by atoms with E-state index in [4.69, 9.17) is 16.7 Å². The normalized spacial score (nSPS) is 10.1. The van der Waals surface area contributed by atoms with Gasteiger partial charge in [-0.25, -0.2) is 9.97 Å². The summed E-state index contributed by atoms with van der Waals surface area (Å²) in [6.45, 7) is 2.06. The molecule has 1 aromatic rings. The number of halogens is 1.